The lowest BCUT2D eigenvalue weighted by Gasteiger charge is -2.33. The second-order valence-electron chi connectivity index (χ2n) is 8.53. The third-order valence-electron chi connectivity index (χ3n) is 6.28. The van der Waals surface area contributed by atoms with Crippen LogP contribution in [0.3, 0.4) is 0 Å². The summed E-state index contributed by atoms with van der Waals surface area (Å²) in [6.45, 7) is 6.20. The maximum Gasteiger partial charge on any atom is 0.318 e. The van der Waals surface area contributed by atoms with E-state index in [9.17, 15) is 14.4 Å². The molecule has 2 saturated heterocycles. The molecule has 1 aliphatic carbocycles. The van der Waals surface area contributed by atoms with Crippen molar-refractivity contribution in [3.63, 3.8) is 0 Å². The van der Waals surface area contributed by atoms with Gasteiger partial charge in [-0.25, -0.2) is 4.79 Å². The van der Waals surface area contributed by atoms with Crippen molar-refractivity contribution in [2.75, 3.05) is 32.9 Å². The highest BCUT2D eigenvalue weighted by Crippen LogP contribution is 2.41. The number of nitrogens with one attached hydrogen (secondary N) is 2. The summed E-state index contributed by atoms with van der Waals surface area (Å²) in [5, 5.41) is 5.79. The molecule has 3 atom stereocenters. The molecule has 0 bridgehead atoms. The second kappa shape index (κ2) is 9.22. The van der Waals surface area contributed by atoms with Crippen molar-refractivity contribution < 1.29 is 23.9 Å². The van der Waals surface area contributed by atoms with E-state index in [1.54, 1.807) is 4.90 Å². The number of Topliss-reactive ketones (excluding diaryl/α,β-unsaturated/α-hetero) is 1. The molecule has 0 aromatic heterocycles. The van der Waals surface area contributed by atoms with E-state index in [0.717, 1.165) is 25.7 Å². The number of amides is 3. The van der Waals surface area contributed by atoms with Crippen LogP contribution in [0.5, 0.6) is 0 Å². The lowest BCUT2D eigenvalue weighted by Crippen LogP contribution is -2.57. The molecule has 3 amide bonds. The monoisotopic (exact) mass is 395 g/mol. The van der Waals surface area contributed by atoms with Crippen molar-refractivity contribution in [1.82, 2.24) is 15.5 Å². The fourth-order valence-electron chi connectivity index (χ4n) is 4.50. The molecule has 158 valence electrons. The van der Waals surface area contributed by atoms with Gasteiger partial charge < -0.3 is 25.0 Å². The van der Waals surface area contributed by atoms with Crippen LogP contribution in [0.25, 0.3) is 0 Å². The van der Waals surface area contributed by atoms with Crippen LogP contribution in [0.2, 0.25) is 0 Å². The summed E-state index contributed by atoms with van der Waals surface area (Å²) in [7, 11) is 0. The average Bonchev–Trinajstić information content (AvgIpc) is 3.28. The Bertz CT molecular complexity index is 584. The van der Waals surface area contributed by atoms with Gasteiger partial charge in [0.1, 0.15) is 18.7 Å². The van der Waals surface area contributed by atoms with Gasteiger partial charge in [0, 0.05) is 13.1 Å². The molecular weight excluding hydrogens is 362 g/mol. The number of hydrogen-bond acceptors (Lipinski definition) is 5. The molecule has 3 fully saturated rings. The van der Waals surface area contributed by atoms with Crippen molar-refractivity contribution in [3.8, 4) is 0 Å². The Morgan fingerprint density at radius 1 is 1.25 bits per heavy atom. The third-order valence-corrected chi connectivity index (χ3v) is 6.28. The van der Waals surface area contributed by atoms with Gasteiger partial charge in [0.25, 0.3) is 0 Å². The SMILES string of the molecule is CC[C@@H]1OCC(=O)[C@H]1NC(=O)[C@H](CC1(C)CCCC1)NC(=O)N1CCOCC1. The number of nitrogens with zero attached hydrogens (tertiary/aromatic N) is 1. The van der Waals surface area contributed by atoms with Gasteiger partial charge in [-0.15, -0.1) is 0 Å². The van der Waals surface area contributed by atoms with Gasteiger partial charge in [-0.1, -0.05) is 26.7 Å². The number of urea groups is 1. The fraction of sp³-hybridized carbons (Fsp3) is 0.850. The van der Waals surface area contributed by atoms with Crippen molar-refractivity contribution >= 4 is 17.7 Å². The number of morpholine rings is 1. The first-order chi connectivity index (χ1) is 13.4. The maximum atomic E-state index is 13.1. The van der Waals surface area contributed by atoms with Gasteiger partial charge in [0.15, 0.2) is 5.78 Å². The highest BCUT2D eigenvalue weighted by Gasteiger charge is 2.40. The van der Waals surface area contributed by atoms with Gasteiger partial charge in [-0.3, -0.25) is 9.59 Å². The molecule has 3 aliphatic rings. The number of carbonyl (C=O) groups excluding carboxylic acids is 3. The number of carbonyl (C=O) groups is 3. The smallest absolute Gasteiger partial charge is 0.318 e. The van der Waals surface area contributed by atoms with Crippen molar-refractivity contribution in [1.29, 1.82) is 0 Å². The predicted molar refractivity (Wildman–Crippen MR) is 103 cm³/mol. The summed E-state index contributed by atoms with van der Waals surface area (Å²) >= 11 is 0. The number of rotatable bonds is 6. The van der Waals surface area contributed by atoms with E-state index in [-0.39, 0.29) is 35.8 Å². The molecule has 0 aromatic carbocycles. The molecule has 28 heavy (non-hydrogen) atoms. The minimum absolute atomic E-state index is 0.0284. The molecule has 0 spiro atoms. The zero-order valence-corrected chi connectivity index (χ0v) is 17.0. The Morgan fingerprint density at radius 2 is 1.93 bits per heavy atom. The Kier molecular flexibility index (Phi) is 6.93. The van der Waals surface area contributed by atoms with Crippen molar-refractivity contribution in [3.05, 3.63) is 0 Å². The minimum atomic E-state index is -0.663. The quantitative estimate of drug-likeness (QED) is 0.705. The van der Waals surface area contributed by atoms with E-state index in [4.69, 9.17) is 9.47 Å². The highest BCUT2D eigenvalue weighted by molar-refractivity contribution is 5.94. The normalized spacial score (nSPS) is 28.2. The molecule has 8 heteroatoms. The van der Waals surface area contributed by atoms with Crippen LogP contribution < -0.4 is 10.6 Å². The van der Waals surface area contributed by atoms with Crippen molar-refractivity contribution in [2.24, 2.45) is 5.41 Å². The molecule has 1 saturated carbocycles. The Balaban J connectivity index is 1.68. The second-order valence-corrected chi connectivity index (χ2v) is 8.53. The molecule has 3 rings (SSSR count). The molecule has 2 heterocycles. The van der Waals surface area contributed by atoms with Crippen LogP contribution in [0.1, 0.15) is 52.4 Å². The zero-order chi connectivity index (χ0) is 20.1. The van der Waals surface area contributed by atoms with E-state index < -0.39 is 12.1 Å². The van der Waals surface area contributed by atoms with Gasteiger partial charge in [-0.2, -0.15) is 0 Å². The number of ether oxygens (including phenoxy) is 2. The summed E-state index contributed by atoms with van der Waals surface area (Å²) in [5.41, 5.74) is 0.0284. The number of hydrogen-bond donors (Lipinski definition) is 2. The van der Waals surface area contributed by atoms with Gasteiger partial charge in [-0.05, 0) is 31.1 Å². The predicted octanol–water partition coefficient (Wildman–Crippen LogP) is 1.23. The fourth-order valence-corrected chi connectivity index (χ4v) is 4.50. The minimum Gasteiger partial charge on any atom is -0.378 e. The van der Waals surface area contributed by atoms with E-state index in [1.165, 1.54) is 0 Å². The molecule has 2 aliphatic heterocycles. The first kappa shape index (κ1) is 21.0. The molecule has 2 N–H and O–H groups in total. The molecule has 0 aromatic rings. The topological polar surface area (TPSA) is 97.0 Å². The third kappa shape index (κ3) is 5.03. The largest absolute Gasteiger partial charge is 0.378 e. The Labute approximate surface area is 166 Å². The summed E-state index contributed by atoms with van der Waals surface area (Å²) in [6.07, 6.45) is 5.33. The van der Waals surface area contributed by atoms with Gasteiger partial charge in [0.05, 0.1) is 19.3 Å². The summed E-state index contributed by atoms with van der Waals surface area (Å²) in [5.74, 6) is -0.400. The van der Waals surface area contributed by atoms with E-state index in [0.29, 0.717) is 39.1 Å². The number of ketones is 1. The molecule has 8 nitrogen and oxygen atoms in total. The highest BCUT2D eigenvalue weighted by atomic mass is 16.5. The van der Waals surface area contributed by atoms with E-state index in [2.05, 4.69) is 17.6 Å². The lowest BCUT2D eigenvalue weighted by molar-refractivity contribution is -0.128. The van der Waals surface area contributed by atoms with Crippen LogP contribution in [0.4, 0.5) is 4.79 Å². The standard InChI is InChI=1S/C20H33N3O5/c1-3-16-17(15(24)13-28-16)22-18(25)14(12-20(2)6-4-5-7-20)21-19(26)23-8-10-27-11-9-23/h14,16-17H,3-13H2,1-2H3,(H,21,26)(H,22,25)/t14-,16-,17+/m0/s1. The first-order valence-corrected chi connectivity index (χ1v) is 10.5. The van der Waals surface area contributed by atoms with Crippen LogP contribution in [-0.2, 0) is 19.1 Å². The van der Waals surface area contributed by atoms with Crippen molar-refractivity contribution in [2.45, 2.75) is 70.6 Å². The maximum absolute atomic E-state index is 13.1. The summed E-state index contributed by atoms with van der Waals surface area (Å²) in [4.78, 5) is 39.6. The van der Waals surface area contributed by atoms with E-state index in [1.807, 2.05) is 6.92 Å². The van der Waals surface area contributed by atoms with Crippen LogP contribution >= 0.6 is 0 Å². The van der Waals surface area contributed by atoms with Crippen LogP contribution in [0.15, 0.2) is 0 Å². The van der Waals surface area contributed by atoms with Crippen LogP contribution in [-0.4, -0.2) is 73.7 Å². The van der Waals surface area contributed by atoms with E-state index >= 15 is 0 Å². The Morgan fingerprint density at radius 3 is 2.57 bits per heavy atom. The molecular formula is C20H33N3O5. The Hall–Kier alpha value is -1.67. The average molecular weight is 396 g/mol. The zero-order valence-electron chi connectivity index (χ0n) is 17.0. The van der Waals surface area contributed by atoms with Crippen LogP contribution in [0, 0.1) is 5.41 Å². The molecule has 0 unspecified atom stereocenters. The summed E-state index contributed by atoms with van der Waals surface area (Å²) in [6, 6.07) is -1.54. The molecule has 0 radical (unpaired) electrons. The summed E-state index contributed by atoms with van der Waals surface area (Å²) < 4.78 is 10.8. The first-order valence-electron chi connectivity index (χ1n) is 10.5. The van der Waals surface area contributed by atoms with Gasteiger partial charge in [0.2, 0.25) is 5.91 Å². The van der Waals surface area contributed by atoms with Gasteiger partial charge >= 0.3 is 6.03 Å². The lowest BCUT2D eigenvalue weighted by atomic mass is 9.81.